The molecular formula is C11H15N3S. The number of hydrogen-bond donors (Lipinski definition) is 1. The number of anilines is 1. The van der Waals surface area contributed by atoms with E-state index in [9.17, 15) is 0 Å². The summed E-state index contributed by atoms with van der Waals surface area (Å²) >= 11 is 1.70. The Bertz CT molecular complexity index is 462. The highest BCUT2D eigenvalue weighted by molar-refractivity contribution is 7.18. The van der Waals surface area contributed by atoms with E-state index in [1.54, 1.807) is 17.7 Å². The van der Waals surface area contributed by atoms with Crippen LogP contribution in [0.3, 0.4) is 0 Å². The molecule has 0 saturated carbocycles. The predicted molar refractivity (Wildman–Crippen MR) is 65.5 cm³/mol. The lowest BCUT2D eigenvalue weighted by Crippen LogP contribution is -2.09. The Balaban J connectivity index is 2.34. The van der Waals surface area contributed by atoms with Gasteiger partial charge in [0.15, 0.2) is 0 Å². The van der Waals surface area contributed by atoms with E-state index in [1.807, 2.05) is 0 Å². The van der Waals surface area contributed by atoms with E-state index in [2.05, 4.69) is 41.4 Å². The molecule has 2 aromatic rings. The number of hydrogen-bond acceptors (Lipinski definition) is 4. The van der Waals surface area contributed by atoms with Crippen molar-refractivity contribution in [2.24, 2.45) is 5.92 Å². The fourth-order valence-corrected chi connectivity index (χ4v) is 2.36. The van der Waals surface area contributed by atoms with E-state index in [0.717, 1.165) is 22.6 Å². The van der Waals surface area contributed by atoms with Crippen LogP contribution in [0.5, 0.6) is 0 Å². The fraction of sp³-hybridized carbons (Fsp3) is 0.455. The Morgan fingerprint density at radius 2 is 2.20 bits per heavy atom. The zero-order valence-electron chi connectivity index (χ0n) is 9.24. The molecule has 0 spiro atoms. The van der Waals surface area contributed by atoms with Crippen molar-refractivity contribution in [1.82, 2.24) is 9.97 Å². The number of fused-ring (bicyclic) bond motifs is 1. The third-order valence-electron chi connectivity index (χ3n) is 2.21. The second-order valence-electron chi connectivity index (χ2n) is 4.09. The van der Waals surface area contributed by atoms with Gasteiger partial charge in [-0.1, -0.05) is 13.8 Å². The van der Waals surface area contributed by atoms with Crippen LogP contribution >= 0.6 is 11.3 Å². The van der Waals surface area contributed by atoms with Crippen LogP contribution in [0.25, 0.3) is 10.2 Å². The van der Waals surface area contributed by atoms with Gasteiger partial charge in [0.25, 0.3) is 0 Å². The van der Waals surface area contributed by atoms with Gasteiger partial charge in [0, 0.05) is 6.54 Å². The zero-order chi connectivity index (χ0) is 10.8. The maximum Gasteiger partial charge on any atom is 0.147 e. The summed E-state index contributed by atoms with van der Waals surface area (Å²) in [6.45, 7) is 7.40. The fourth-order valence-electron chi connectivity index (χ4n) is 1.40. The van der Waals surface area contributed by atoms with Crippen LogP contribution in [-0.2, 0) is 0 Å². The molecule has 80 valence electrons. The van der Waals surface area contributed by atoms with Crippen LogP contribution < -0.4 is 5.32 Å². The van der Waals surface area contributed by atoms with Crippen molar-refractivity contribution in [2.45, 2.75) is 20.8 Å². The van der Waals surface area contributed by atoms with Gasteiger partial charge in [0.2, 0.25) is 0 Å². The molecule has 1 N–H and O–H groups in total. The first-order valence-corrected chi connectivity index (χ1v) is 5.99. The van der Waals surface area contributed by atoms with Crippen LogP contribution in [0.4, 0.5) is 5.82 Å². The summed E-state index contributed by atoms with van der Waals surface area (Å²) < 4.78 is 1.16. The zero-order valence-corrected chi connectivity index (χ0v) is 10.1. The molecule has 0 atom stereocenters. The van der Waals surface area contributed by atoms with E-state index in [4.69, 9.17) is 0 Å². The molecule has 3 nitrogen and oxygen atoms in total. The van der Waals surface area contributed by atoms with E-state index in [-0.39, 0.29) is 0 Å². The Kier molecular flexibility index (Phi) is 2.86. The van der Waals surface area contributed by atoms with Crippen molar-refractivity contribution in [3.63, 3.8) is 0 Å². The van der Waals surface area contributed by atoms with Gasteiger partial charge in [-0.25, -0.2) is 9.97 Å². The van der Waals surface area contributed by atoms with Gasteiger partial charge in [-0.3, -0.25) is 0 Å². The topological polar surface area (TPSA) is 37.8 Å². The highest BCUT2D eigenvalue weighted by Crippen LogP contribution is 2.28. The van der Waals surface area contributed by atoms with Crippen molar-refractivity contribution in [3.05, 3.63) is 17.3 Å². The van der Waals surface area contributed by atoms with Crippen LogP contribution in [0.1, 0.15) is 19.4 Å². The molecule has 2 heterocycles. The molecule has 2 rings (SSSR count). The molecule has 0 aromatic carbocycles. The van der Waals surface area contributed by atoms with Gasteiger partial charge in [0.05, 0.1) is 10.2 Å². The summed E-state index contributed by atoms with van der Waals surface area (Å²) in [4.78, 5) is 8.57. The number of rotatable bonds is 3. The molecular weight excluding hydrogens is 206 g/mol. The molecule has 15 heavy (non-hydrogen) atoms. The minimum absolute atomic E-state index is 0.621. The summed E-state index contributed by atoms with van der Waals surface area (Å²) in [5.41, 5.74) is 2.30. The van der Waals surface area contributed by atoms with Gasteiger partial charge >= 0.3 is 0 Å². The van der Waals surface area contributed by atoms with Crippen molar-refractivity contribution < 1.29 is 0 Å². The van der Waals surface area contributed by atoms with Crippen LogP contribution in [0, 0.1) is 12.8 Å². The molecule has 0 unspecified atom stereocenters. The molecule has 0 aliphatic rings. The van der Waals surface area contributed by atoms with Crippen molar-refractivity contribution >= 4 is 27.4 Å². The minimum Gasteiger partial charge on any atom is -0.369 e. The average Bonchev–Trinajstić information content (AvgIpc) is 2.58. The average molecular weight is 221 g/mol. The standard InChI is InChI=1S/C11H15N3S/c1-7(2)4-12-11-10-9(13-6-14-11)8(3)5-15-10/h5-7H,4H2,1-3H3,(H,12,13,14). The van der Waals surface area contributed by atoms with Gasteiger partial charge in [0.1, 0.15) is 12.1 Å². The number of aromatic nitrogens is 2. The third kappa shape index (κ3) is 2.09. The minimum atomic E-state index is 0.621. The summed E-state index contributed by atoms with van der Waals surface area (Å²) in [5, 5.41) is 5.48. The number of thiophene rings is 1. The summed E-state index contributed by atoms with van der Waals surface area (Å²) in [6.07, 6.45) is 1.63. The number of aryl methyl sites for hydroxylation is 1. The van der Waals surface area contributed by atoms with E-state index >= 15 is 0 Å². The molecule has 0 amide bonds. The molecule has 0 fully saturated rings. The van der Waals surface area contributed by atoms with Gasteiger partial charge in [-0.2, -0.15) is 0 Å². The molecule has 4 heteroatoms. The van der Waals surface area contributed by atoms with Crippen LogP contribution in [0.15, 0.2) is 11.7 Å². The Hall–Kier alpha value is -1.16. The normalized spacial score (nSPS) is 11.2. The second-order valence-corrected chi connectivity index (χ2v) is 4.97. The lowest BCUT2D eigenvalue weighted by Gasteiger charge is -2.08. The van der Waals surface area contributed by atoms with Crippen LogP contribution in [-0.4, -0.2) is 16.5 Å². The molecule has 0 aliphatic carbocycles. The van der Waals surface area contributed by atoms with E-state index in [1.165, 1.54) is 5.56 Å². The Morgan fingerprint density at radius 3 is 2.93 bits per heavy atom. The van der Waals surface area contributed by atoms with E-state index < -0.39 is 0 Å². The second kappa shape index (κ2) is 4.14. The number of nitrogens with one attached hydrogen (secondary N) is 1. The molecule has 0 radical (unpaired) electrons. The SMILES string of the molecule is Cc1csc2c(NCC(C)C)ncnc12. The Morgan fingerprint density at radius 1 is 1.40 bits per heavy atom. The van der Waals surface area contributed by atoms with Gasteiger partial charge in [-0.05, 0) is 23.8 Å². The molecule has 0 saturated heterocycles. The first kappa shape index (κ1) is 10.4. The van der Waals surface area contributed by atoms with Crippen molar-refractivity contribution in [1.29, 1.82) is 0 Å². The van der Waals surface area contributed by atoms with Gasteiger partial charge in [-0.15, -0.1) is 11.3 Å². The lowest BCUT2D eigenvalue weighted by molar-refractivity contribution is 0.687. The molecule has 0 bridgehead atoms. The molecule has 0 aliphatic heterocycles. The smallest absolute Gasteiger partial charge is 0.147 e. The number of nitrogens with zero attached hydrogens (tertiary/aromatic N) is 2. The largest absolute Gasteiger partial charge is 0.369 e. The highest BCUT2D eigenvalue weighted by Gasteiger charge is 2.07. The Labute approximate surface area is 93.6 Å². The highest BCUT2D eigenvalue weighted by atomic mass is 32.1. The maximum atomic E-state index is 4.29. The first-order valence-electron chi connectivity index (χ1n) is 5.11. The van der Waals surface area contributed by atoms with Gasteiger partial charge < -0.3 is 5.32 Å². The van der Waals surface area contributed by atoms with Crippen molar-refractivity contribution in [3.8, 4) is 0 Å². The maximum absolute atomic E-state index is 4.29. The summed E-state index contributed by atoms with van der Waals surface area (Å²) in [7, 11) is 0. The lowest BCUT2D eigenvalue weighted by atomic mass is 10.2. The summed E-state index contributed by atoms with van der Waals surface area (Å²) in [5.74, 6) is 1.59. The first-order chi connectivity index (χ1) is 7.18. The third-order valence-corrected chi connectivity index (χ3v) is 3.30. The van der Waals surface area contributed by atoms with Crippen LogP contribution in [0.2, 0.25) is 0 Å². The molecule has 2 aromatic heterocycles. The van der Waals surface area contributed by atoms with E-state index in [0.29, 0.717) is 5.92 Å². The van der Waals surface area contributed by atoms with Crippen molar-refractivity contribution in [2.75, 3.05) is 11.9 Å². The predicted octanol–water partition coefficient (Wildman–Crippen LogP) is 3.07. The monoisotopic (exact) mass is 221 g/mol. The summed E-state index contributed by atoms with van der Waals surface area (Å²) in [6, 6.07) is 0. The quantitative estimate of drug-likeness (QED) is 0.865.